The third-order valence-electron chi connectivity index (χ3n) is 5.21. The number of piperidine rings is 1. The monoisotopic (exact) mass is 377 g/mol. The van der Waals surface area contributed by atoms with Gasteiger partial charge in [-0.15, -0.1) is 10.2 Å². The van der Waals surface area contributed by atoms with Crippen LogP contribution in [0.4, 0.5) is 5.82 Å². The van der Waals surface area contributed by atoms with Crippen LogP contribution in [0.25, 0.3) is 0 Å². The fourth-order valence-electron chi connectivity index (χ4n) is 3.75. The van der Waals surface area contributed by atoms with E-state index in [1.807, 2.05) is 9.58 Å². The highest BCUT2D eigenvalue weighted by atomic mass is 32.2. The van der Waals surface area contributed by atoms with Gasteiger partial charge in [0.1, 0.15) is 0 Å². The lowest BCUT2D eigenvalue weighted by Gasteiger charge is -2.33. The topological polar surface area (TPSA) is 63.5 Å². The minimum Gasteiger partial charge on any atom is -0.378 e. The molecule has 4 rings (SSSR count). The fourth-order valence-corrected chi connectivity index (χ4v) is 4.90. The van der Waals surface area contributed by atoms with E-state index in [0.29, 0.717) is 37.4 Å². The van der Waals surface area contributed by atoms with Gasteiger partial charge in [-0.05, 0) is 38.5 Å². The Morgan fingerprint density at radius 2 is 1.85 bits per heavy atom. The van der Waals surface area contributed by atoms with Crippen LogP contribution < -0.4 is 15.5 Å². The van der Waals surface area contributed by atoms with Gasteiger partial charge in [-0.2, -0.15) is 4.68 Å². The first-order valence-corrected chi connectivity index (χ1v) is 10.6. The molecule has 0 N–H and O–H groups in total. The molecule has 1 aromatic rings. The van der Waals surface area contributed by atoms with Crippen molar-refractivity contribution < 1.29 is 4.74 Å². The second-order valence-corrected chi connectivity index (χ2v) is 8.33. The zero-order chi connectivity index (χ0) is 17.8. The van der Waals surface area contributed by atoms with Gasteiger partial charge in [-0.25, -0.2) is 0 Å². The van der Waals surface area contributed by atoms with Crippen LogP contribution in [0, 0.1) is 0 Å². The summed E-state index contributed by atoms with van der Waals surface area (Å²) in [5, 5.41) is 12.2. The average Bonchev–Trinajstić information content (AvgIpc) is 2.70. The Morgan fingerprint density at radius 3 is 2.58 bits per heavy atom. The molecule has 1 atom stereocenters. The van der Waals surface area contributed by atoms with Crippen LogP contribution in [-0.2, 0) is 4.74 Å². The Balaban J connectivity index is 1.66. The van der Waals surface area contributed by atoms with E-state index in [9.17, 15) is 4.79 Å². The number of hydrogen-bond acceptors (Lipinski definition) is 7. The highest BCUT2D eigenvalue weighted by Gasteiger charge is 2.25. The summed E-state index contributed by atoms with van der Waals surface area (Å²) >= 11 is 1.71. The Hall–Kier alpha value is -1.54. The molecule has 142 valence electrons. The van der Waals surface area contributed by atoms with Crippen molar-refractivity contribution in [3.8, 4) is 0 Å². The Kier molecular flexibility index (Phi) is 5.79. The molecule has 1 unspecified atom stereocenters. The van der Waals surface area contributed by atoms with E-state index >= 15 is 0 Å². The highest BCUT2D eigenvalue weighted by molar-refractivity contribution is 7.99. The minimum atomic E-state index is -0.0300. The summed E-state index contributed by atoms with van der Waals surface area (Å²) in [6.45, 7) is 4.48. The molecule has 3 heterocycles. The zero-order valence-corrected chi connectivity index (χ0v) is 16.0. The molecule has 2 saturated heterocycles. The number of allylic oxidation sites excluding steroid dienone is 2. The van der Waals surface area contributed by atoms with Gasteiger partial charge < -0.3 is 14.6 Å². The maximum Gasteiger partial charge on any atom is 0.316 e. The summed E-state index contributed by atoms with van der Waals surface area (Å²) in [6, 6.07) is 0. The van der Waals surface area contributed by atoms with Crippen molar-refractivity contribution >= 4 is 17.6 Å². The van der Waals surface area contributed by atoms with Crippen LogP contribution in [-0.4, -0.2) is 59.5 Å². The van der Waals surface area contributed by atoms with Gasteiger partial charge in [0, 0.05) is 31.4 Å². The van der Waals surface area contributed by atoms with Crippen molar-refractivity contribution in [1.29, 1.82) is 0 Å². The Labute approximate surface area is 158 Å². The summed E-state index contributed by atoms with van der Waals surface area (Å²) in [7, 11) is 0. The molecule has 1 aromatic heterocycles. The van der Waals surface area contributed by atoms with E-state index in [4.69, 9.17) is 4.74 Å². The SMILES string of the molecule is O=c1c(N2CCOCC2)nnc(SC2CC=CCC2)n1N1CCCCC1. The summed E-state index contributed by atoms with van der Waals surface area (Å²) < 4.78 is 7.23. The lowest BCUT2D eigenvalue weighted by Crippen LogP contribution is -2.49. The predicted octanol–water partition coefficient (Wildman–Crippen LogP) is 1.80. The number of thioether (sulfide) groups is 1. The number of ether oxygens (including phenoxy) is 1. The molecule has 0 aromatic carbocycles. The first-order valence-electron chi connectivity index (χ1n) is 9.72. The molecule has 1 aliphatic carbocycles. The van der Waals surface area contributed by atoms with Crippen LogP contribution in [0.3, 0.4) is 0 Å². The number of anilines is 1. The summed E-state index contributed by atoms with van der Waals surface area (Å²) in [5.41, 5.74) is -0.0300. The molecule has 7 nitrogen and oxygen atoms in total. The first-order chi connectivity index (χ1) is 12.8. The molecule has 0 radical (unpaired) electrons. The molecule has 0 saturated carbocycles. The van der Waals surface area contributed by atoms with Gasteiger partial charge in [0.05, 0.1) is 13.2 Å². The Morgan fingerprint density at radius 1 is 1.04 bits per heavy atom. The van der Waals surface area contributed by atoms with Crippen molar-refractivity contribution in [1.82, 2.24) is 14.9 Å². The molecule has 2 aliphatic heterocycles. The quantitative estimate of drug-likeness (QED) is 0.741. The third kappa shape index (κ3) is 3.91. The second-order valence-electron chi connectivity index (χ2n) is 7.06. The summed E-state index contributed by atoms with van der Waals surface area (Å²) in [5.74, 6) is 0.465. The van der Waals surface area contributed by atoms with Crippen LogP contribution >= 0.6 is 11.8 Å². The van der Waals surface area contributed by atoms with Gasteiger partial charge in [0.15, 0.2) is 0 Å². The number of nitrogens with zero attached hydrogens (tertiary/aromatic N) is 5. The molecular weight excluding hydrogens is 350 g/mol. The molecule has 8 heteroatoms. The van der Waals surface area contributed by atoms with Gasteiger partial charge in [-0.3, -0.25) is 4.79 Å². The normalized spacial score (nSPS) is 24.1. The predicted molar refractivity (Wildman–Crippen MR) is 104 cm³/mol. The van der Waals surface area contributed by atoms with Crippen molar-refractivity contribution in [2.45, 2.75) is 48.9 Å². The lowest BCUT2D eigenvalue weighted by atomic mass is 10.1. The van der Waals surface area contributed by atoms with E-state index in [1.165, 1.54) is 6.42 Å². The van der Waals surface area contributed by atoms with Gasteiger partial charge in [-0.1, -0.05) is 23.9 Å². The molecule has 26 heavy (non-hydrogen) atoms. The molecule has 0 amide bonds. The number of rotatable bonds is 4. The molecule has 2 fully saturated rings. The Bertz CT molecular complexity index is 695. The maximum atomic E-state index is 13.3. The average molecular weight is 378 g/mol. The van der Waals surface area contributed by atoms with E-state index < -0.39 is 0 Å². The molecule has 0 bridgehead atoms. The largest absolute Gasteiger partial charge is 0.378 e. The first kappa shape index (κ1) is 17.9. The maximum absolute atomic E-state index is 13.3. The van der Waals surface area contributed by atoms with E-state index in [1.54, 1.807) is 11.8 Å². The fraction of sp³-hybridized carbons (Fsp3) is 0.722. The van der Waals surface area contributed by atoms with Crippen LogP contribution in [0.2, 0.25) is 0 Å². The number of hydrogen-bond donors (Lipinski definition) is 0. The second kappa shape index (κ2) is 8.43. The van der Waals surface area contributed by atoms with Gasteiger partial charge in [0.25, 0.3) is 0 Å². The van der Waals surface area contributed by atoms with Crippen molar-refractivity contribution in [2.24, 2.45) is 0 Å². The smallest absolute Gasteiger partial charge is 0.316 e. The minimum absolute atomic E-state index is 0.0300. The standard InChI is InChI=1S/C18H27N5O2S/c24-17-16(21-11-13-25-14-12-21)19-20-18(26-15-7-3-1-4-8-15)23(17)22-9-5-2-6-10-22/h1,3,15H,2,4-14H2. The van der Waals surface area contributed by atoms with Crippen LogP contribution in [0.1, 0.15) is 38.5 Å². The van der Waals surface area contributed by atoms with Crippen molar-refractivity contribution in [2.75, 3.05) is 49.3 Å². The van der Waals surface area contributed by atoms with Crippen LogP contribution in [0.15, 0.2) is 22.1 Å². The molecule has 0 spiro atoms. The zero-order valence-electron chi connectivity index (χ0n) is 15.2. The third-order valence-corrected chi connectivity index (χ3v) is 6.44. The van der Waals surface area contributed by atoms with Crippen LogP contribution in [0.5, 0.6) is 0 Å². The van der Waals surface area contributed by atoms with E-state index in [0.717, 1.165) is 50.4 Å². The van der Waals surface area contributed by atoms with Gasteiger partial charge in [0.2, 0.25) is 11.0 Å². The molecular formula is C18H27N5O2S. The van der Waals surface area contributed by atoms with Gasteiger partial charge >= 0.3 is 5.56 Å². The van der Waals surface area contributed by atoms with Crippen molar-refractivity contribution in [3.05, 3.63) is 22.5 Å². The number of aromatic nitrogens is 3. The highest BCUT2D eigenvalue weighted by Crippen LogP contribution is 2.30. The van der Waals surface area contributed by atoms with E-state index in [2.05, 4.69) is 27.4 Å². The number of morpholine rings is 1. The van der Waals surface area contributed by atoms with E-state index in [-0.39, 0.29) is 5.56 Å². The summed E-state index contributed by atoms with van der Waals surface area (Å²) in [6.07, 6.45) is 11.2. The molecule has 3 aliphatic rings. The van der Waals surface area contributed by atoms with Crippen molar-refractivity contribution in [3.63, 3.8) is 0 Å². The lowest BCUT2D eigenvalue weighted by molar-refractivity contribution is 0.122. The summed E-state index contributed by atoms with van der Waals surface area (Å²) in [4.78, 5) is 15.3.